The molecule has 1 aromatic carbocycles. The first kappa shape index (κ1) is 14.0. The van der Waals surface area contributed by atoms with E-state index < -0.39 is 15.8 Å². The van der Waals surface area contributed by atoms with E-state index >= 15 is 0 Å². The van der Waals surface area contributed by atoms with Crippen molar-refractivity contribution in [3.05, 3.63) is 29.6 Å². The molecule has 6 heteroatoms. The van der Waals surface area contributed by atoms with Crippen molar-refractivity contribution in [1.29, 1.82) is 0 Å². The maximum absolute atomic E-state index is 13.3. The highest BCUT2D eigenvalue weighted by Gasteiger charge is 2.38. The zero-order valence-electron chi connectivity index (χ0n) is 10.1. The monoisotopic (exact) mass is 335 g/mol. The molecule has 0 saturated heterocycles. The van der Waals surface area contributed by atoms with Gasteiger partial charge < -0.3 is 0 Å². The Kier molecular flexibility index (Phi) is 4.08. The van der Waals surface area contributed by atoms with E-state index in [2.05, 4.69) is 15.9 Å². The van der Waals surface area contributed by atoms with Crippen molar-refractivity contribution in [2.24, 2.45) is 0 Å². The maximum Gasteiger partial charge on any atom is 0.243 e. The topological polar surface area (TPSA) is 37.4 Å². The van der Waals surface area contributed by atoms with Crippen LogP contribution in [0.5, 0.6) is 0 Å². The molecule has 1 fully saturated rings. The Morgan fingerprint density at radius 2 is 2.11 bits per heavy atom. The van der Waals surface area contributed by atoms with Crippen LogP contribution in [0.4, 0.5) is 4.39 Å². The molecule has 0 aliphatic heterocycles. The molecule has 18 heavy (non-hydrogen) atoms. The maximum atomic E-state index is 13.3. The molecule has 0 atom stereocenters. The summed E-state index contributed by atoms with van der Waals surface area (Å²) >= 11 is 3.26. The Labute approximate surface area is 115 Å². The van der Waals surface area contributed by atoms with Crippen molar-refractivity contribution in [2.45, 2.75) is 30.7 Å². The van der Waals surface area contributed by atoms with Gasteiger partial charge >= 0.3 is 0 Å². The minimum Gasteiger partial charge on any atom is -0.207 e. The summed E-state index contributed by atoms with van der Waals surface area (Å²) in [5.41, 5.74) is 0.580. The highest BCUT2D eigenvalue weighted by molar-refractivity contribution is 9.09. The zero-order valence-corrected chi connectivity index (χ0v) is 12.5. The van der Waals surface area contributed by atoms with Gasteiger partial charge in [-0.2, -0.15) is 4.31 Å². The number of benzene rings is 1. The Morgan fingerprint density at radius 3 is 2.67 bits per heavy atom. The van der Waals surface area contributed by atoms with Crippen molar-refractivity contribution in [2.75, 3.05) is 11.9 Å². The van der Waals surface area contributed by atoms with E-state index in [-0.39, 0.29) is 10.9 Å². The molecule has 0 radical (unpaired) electrons. The summed E-state index contributed by atoms with van der Waals surface area (Å²) in [5.74, 6) is -0.520. The molecular formula is C12H15BrFNO2S. The van der Waals surface area contributed by atoms with Gasteiger partial charge in [-0.05, 0) is 37.5 Å². The minimum atomic E-state index is -3.59. The summed E-state index contributed by atoms with van der Waals surface area (Å²) in [7, 11) is -3.59. The predicted molar refractivity (Wildman–Crippen MR) is 71.8 cm³/mol. The highest BCUT2D eigenvalue weighted by atomic mass is 79.9. The number of hydrogen-bond donors (Lipinski definition) is 0. The van der Waals surface area contributed by atoms with Crippen LogP contribution in [0.3, 0.4) is 0 Å². The molecule has 0 aromatic heterocycles. The number of alkyl halides is 1. The van der Waals surface area contributed by atoms with E-state index in [4.69, 9.17) is 0 Å². The van der Waals surface area contributed by atoms with Crippen LogP contribution in [0.1, 0.15) is 18.4 Å². The fourth-order valence-corrected chi connectivity index (χ4v) is 4.46. The first-order valence-electron chi connectivity index (χ1n) is 5.81. The number of aryl methyl sites for hydroxylation is 1. The van der Waals surface area contributed by atoms with Crippen molar-refractivity contribution < 1.29 is 12.8 Å². The van der Waals surface area contributed by atoms with Gasteiger partial charge in [0.1, 0.15) is 5.82 Å². The molecule has 0 N–H and O–H groups in total. The molecule has 0 amide bonds. The summed E-state index contributed by atoms with van der Waals surface area (Å²) in [5, 5.41) is 0.580. The molecule has 1 aromatic rings. The second-order valence-electron chi connectivity index (χ2n) is 4.45. The number of rotatable bonds is 5. The number of sulfonamides is 1. The van der Waals surface area contributed by atoms with Gasteiger partial charge in [0.25, 0.3) is 0 Å². The van der Waals surface area contributed by atoms with Crippen LogP contribution >= 0.6 is 15.9 Å². The summed E-state index contributed by atoms with van der Waals surface area (Å²) < 4.78 is 39.8. The molecule has 0 spiro atoms. The van der Waals surface area contributed by atoms with E-state index in [9.17, 15) is 12.8 Å². The van der Waals surface area contributed by atoms with Gasteiger partial charge in [0.15, 0.2) is 0 Å². The Hall–Kier alpha value is -0.460. The number of nitrogens with zero attached hydrogens (tertiary/aromatic N) is 1. The van der Waals surface area contributed by atoms with Gasteiger partial charge in [0, 0.05) is 17.9 Å². The molecule has 0 heterocycles. The van der Waals surface area contributed by atoms with Crippen LogP contribution in [0.25, 0.3) is 0 Å². The summed E-state index contributed by atoms with van der Waals surface area (Å²) in [6.07, 6.45) is 1.78. The van der Waals surface area contributed by atoms with Gasteiger partial charge in [0.2, 0.25) is 10.0 Å². The van der Waals surface area contributed by atoms with Crippen molar-refractivity contribution >= 4 is 26.0 Å². The van der Waals surface area contributed by atoms with Crippen LogP contribution in [0, 0.1) is 12.7 Å². The fourth-order valence-electron chi connectivity index (χ4n) is 1.92. The van der Waals surface area contributed by atoms with Gasteiger partial charge in [-0.15, -0.1) is 0 Å². The third-order valence-electron chi connectivity index (χ3n) is 3.00. The minimum absolute atomic E-state index is 0.0789. The lowest BCUT2D eigenvalue weighted by atomic mass is 10.2. The standard InChI is InChI=1S/C12H15BrFNO2S/c1-9-2-3-10(14)8-12(9)18(16,17)15(7-6-13)11-4-5-11/h2-3,8,11H,4-7H2,1H3. The molecule has 1 aliphatic carbocycles. The number of hydrogen-bond acceptors (Lipinski definition) is 2. The summed E-state index contributed by atoms with van der Waals surface area (Å²) in [4.78, 5) is 0.0790. The molecule has 0 bridgehead atoms. The van der Waals surface area contributed by atoms with Crippen LogP contribution in [0.2, 0.25) is 0 Å². The first-order valence-corrected chi connectivity index (χ1v) is 8.37. The largest absolute Gasteiger partial charge is 0.243 e. The second-order valence-corrected chi connectivity index (χ2v) is 7.10. The van der Waals surface area contributed by atoms with Crippen LogP contribution in [-0.2, 0) is 10.0 Å². The average Bonchev–Trinajstić information content (AvgIpc) is 3.13. The van der Waals surface area contributed by atoms with Crippen molar-refractivity contribution in [1.82, 2.24) is 4.31 Å². The lowest BCUT2D eigenvalue weighted by Crippen LogP contribution is -2.35. The third kappa shape index (κ3) is 2.75. The molecule has 0 unspecified atom stereocenters. The smallest absolute Gasteiger partial charge is 0.207 e. The lowest BCUT2D eigenvalue weighted by Gasteiger charge is -2.21. The molecular weight excluding hydrogens is 321 g/mol. The van der Waals surface area contributed by atoms with Gasteiger partial charge in [-0.3, -0.25) is 0 Å². The van der Waals surface area contributed by atoms with E-state index in [1.807, 2.05) is 0 Å². The number of halogens is 2. The normalized spacial score (nSPS) is 16.2. The van der Waals surface area contributed by atoms with E-state index in [1.165, 1.54) is 16.4 Å². The van der Waals surface area contributed by atoms with E-state index in [0.29, 0.717) is 17.4 Å². The van der Waals surface area contributed by atoms with E-state index in [0.717, 1.165) is 18.9 Å². The summed E-state index contributed by atoms with van der Waals surface area (Å²) in [6, 6.07) is 3.96. The summed E-state index contributed by atoms with van der Waals surface area (Å²) in [6.45, 7) is 2.11. The Bertz CT molecular complexity index is 543. The third-order valence-corrected chi connectivity index (χ3v) is 5.44. The SMILES string of the molecule is Cc1ccc(F)cc1S(=O)(=O)N(CCBr)C1CC1. The van der Waals surface area contributed by atoms with Gasteiger partial charge in [-0.25, -0.2) is 12.8 Å². The van der Waals surface area contributed by atoms with Gasteiger partial charge in [0.05, 0.1) is 4.90 Å². The van der Waals surface area contributed by atoms with Crippen molar-refractivity contribution in [3.8, 4) is 0 Å². The Balaban J connectivity index is 2.42. The molecule has 1 saturated carbocycles. The predicted octanol–water partition coefficient (Wildman–Crippen LogP) is 2.68. The molecule has 1 aliphatic rings. The van der Waals surface area contributed by atoms with E-state index in [1.54, 1.807) is 6.92 Å². The quantitative estimate of drug-likeness (QED) is 0.776. The molecule has 3 nitrogen and oxygen atoms in total. The zero-order chi connectivity index (χ0) is 13.3. The molecule has 2 rings (SSSR count). The lowest BCUT2D eigenvalue weighted by molar-refractivity contribution is 0.423. The molecule has 100 valence electrons. The van der Waals surface area contributed by atoms with Crippen LogP contribution in [-0.4, -0.2) is 30.6 Å². The Morgan fingerprint density at radius 1 is 1.44 bits per heavy atom. The van der Waals surface area contributed by atoms with Crippen LogP contribution in [0.15, 0.2) is 23.1 Å². The second kappa shape index (κ2) is 5.27. The van der Waals surface area contributed by atoms with Gasteiger partial charge in [-0.1, -0.05) is 22.0 Å². The van der Waals surface area contributed by atoms with Crippen LogP contribution < -0.4 is 0 Å². The average molecular weight is 336 g/mol. The highest BCUT2D eigenvalue weighted by Crippen LogP contribution is 2.33. The fraction of sp³-hybridized carbons (Fsp3) is 0.500. The van der Waals surface area contributed by atoms with Crippen molar-refractivity contribution in [3.63, 3.8) is 0 Å². The first-order chi connectivity index (χ1) is 8.46.